The number of hydrogen-bond acceptors (Lipinski definition) is 2. The molecule has 0 bridgehead atoms. The first kappa shape index (κ1) is 12.2. The Balaban J connectivity index is 1.95. The fourth-order valence-corrected chi connectivity index (χ4v) is 1.99. The van der Waals surface area contributed by atoms with Gasteiger partial charge in [-0.1, -0.05) is 17.7 Å². The van der Waals surface area contributed by atoms with Crippen LogP contribution in [0.5, 0.6) is 0 Å². The Bertz CT molecular complexity index is 506. The summed E-state index contributed by atoms with van der Waals surface area (Å²) in [5.41, 5.74) is 2.27. The lowest BCUT2D eigenvalue weighted by atomic mass is 10.2. The van der Waals surface area contributed by atoms with Crippen LogP contribution < -0.4 is 10.6 Å². The normalized spacial score (nSPS) is 13.8. The quantitative estimate of drug-likeness (QED) is 0.835. The number of nitriles is 1. The number of amides is 2. The second kappa shape index (κ2) is 5.87. The Morgan fingerprint density at radius 2 is 2.00 bits per heavy atom. The Labute approximate surface area is 106 Å². The molecule has 1 aromatic carbocycles. The highest BCUT2D eigenvalue weighted by molar-refractivity contribution is 5.91. The number of rotatable bonds is 2. The Morgan fingerprint density at radius 3 is 2.72 bits per heavy atom. The van der Waals surface area contributed by atoms with Crippen LogP contribution >= 0.6 is 0 Å². The average Bonchev–Trinajstić information content (AvgIpc) is 2.90. The SMILES string of the molecule is N#Cc1ccccc1NC(=O)NC=C1CCCC1. The molecular formula is C14H15N3O. The molecule has 1 aliphatic carbocycles. The highest BCUT2D eigenvalue weighted by Crippen LogP contribution is 2.22. The number of carbonyl (C=O) groups is 1. The molecule has 2 amide bonds. The van der Waals surface area contributed by atoms with Crippen molar-refractivity contribution in [3.8, 4) is 6.07 Å². The van der Waals surface area contributed by atoms with E-state index in [1.807, 2.05) is 6.07 Å². The summed E-state index contributed by atoms with van der Waals surface area (Å²) >= 11 is 0. The zero-order valence-corrected chi connectivity index (χ0v) is 10.1. The third kappa shape index (κ3) is 3.11. The van der Waals surface area contributed by atoms with Gasteiger partial charge >= 0.3 is 6.03 Å². The largest absolute Gasteiger partial charge is 0.323 e. The molecule has 2 rings (SSSR count). The number of nitrogens with one attached hydrogen (secondary N) is 2. The van der Waals surface area contributed by atoms with Gasteiger partial charge in [-0.3, -0.25) is 0 Å². The molecule has 0 spiro atoms. The van der Waals surface area contributed by atoms with Crippen molar-refractivity contribution in [3.05, 3.63) is 41.6 Å². The minimum absolute atomic E-state index is 0.308. The van der Waals surface area contributed by atoms with E-state index in [9.17, 15) is 4.79 Å². The topological polar surface area (TPSA) is 64.9 Å². The summed E-state index contributed by atoms with van der Waals surface area (Å²) < 4.78 is 0. The van der Waals surface area contributed by atoms with E-state index in [0.29, 0.717) is 11.3 Å². The summed E-state index contributed by atoms with van der Waals surface area (Å²) in [7, 11) is 0. The molecular weight excluding hydrogens is 226 g/mol. The molecule has 0 unspecified atom stereocenters. The third-order valence-corrected chi connectivity index (χ3v) is 2.95. The van der Waals surface area contributed by atoms with Gasteiger partial charge in [-0.05, 0) is 37.8 Å². The molecule has 18 heavy (non-hydrogen) atoms. The lowest BCUT2D eigenvalue weighted by Gasteiger charge is -2.06. The van der Waals surface area contributed by atoms with Gasteiger partial charge in [-0.2, -0.15) is 5.26 Å². The van der Waals surface area contributed by atoms with Crippen molar-refractivity contribution in [1.82, 2.24) is 5.32 Å². The first-order valence-corrected chi connectivity index (χ1v) is 6.04. The van der Waals surface area contributed by atoms with Crippen molar-refractivity contribution in [2.45, 2.75) is 25.7 Å². The van der Waals surface area contributed by atoms with Crippen LogP contribution in [0.3, 0.4) is 0 Å². The number of para-hydroxylation sites is 1. The van der Waals surface area contributed by atoms with Crippen molar-refractivity contribution >= 4 is 11.7 Å². The molecule has 1 aromatic rings. The number of carbonyl (C=O) groups excluding carboxylic acids is 1. The summed E-state index contributed by atoms with van der Waals surface area (Å²) in [4.78, 5) is 11.7. The van der Waals surface area contributed by atoms with Crippen LogP contribution in [0.4, 0.5) is 10.5 Å². The van der Waals surface area contributed by atoms with E-state index in [0.717, 1.165) is 12.8 Å². The zero-order valence-electron chi connectivity index (χ0n) is 10.1. The summed E-state index contributed by atoms with van der Waals surface area (Å²) in [6.45, 7) is 0. The maximum Gasteiger partial charge on any atom is 0.323 e. The van der Waals surface area contributed by atoms with E-state index < -0.39 is 0 Å². The molecule has 92 valence electrons. The van der Waals surface area contributed by atoms with E-state index in [4.69, 9.17) is 5.26 Å². The van der Waals surface area contributed by atoms with E-state index in [1.54, 1.807) is 30.5 Å². The van der Waals surface area contributed by atoms with Crippen molar-refractivity contribution in [1.29, 1.82) is 5.26 Å². The van der Waals surface area contributed by atoms with Crippen molar-refractivity contribution < 1.29 is 4.79 Å². The van der Waals surface area contributed by atoms with Gasteiger partial charge in [0, 0.05) is 6.20 Å². The van der Waals surface area contributed by atoms with Crippen LogP contribution in [0.15, 0.2) is 36.0 Å². The van der Waals surface area contributed by atoms with Crippen molar-refractivity contribution in [2.24, 2.45) is 0 Å². The second-order valence-corrected chi connectivity index (χ2v) is 4.27. The summed E-state index contributed by atoms with van der Waals surface area (Å²) in [5.74, 6) is 0. The number of allylic oxidation sites excluding steroid dienone is 1. The van der Waals surface area contributed by atoms with Gasteiger partial charge in [-0.15, -0.1) is 0 Å². The molecule has 4 nitrogen and oxygen atoms in total. The van der Waals surface area contributed by atoms with Gasteiger partial charge in [0.1, 0.15) is 6.07 Å². The number of hydrogen-bond donors (Lipinski definition) is 2. The molecule has 0 heterocycles. The van der Waals surface area contributed by atoms with Crippen LogP contribution in [-0.2, 0) is 0 Å². The van der Waals surface area contributed by atoms with Gasteiger partial charge in [0.15, 0.2) is 0 Å². The molecule has 0 atom stereocenters. The third-order valence-electron chi connectivity index (χ3n) is 2.95. The molecule has 0 aliphatic heterocycles. The van der Waals surface area contributed by atoms with E-state index in [1.165, 1.54) is 18.4 Å². The van der Waals surface area contributed by atoms with Crippen molar-refractivity contribution in [2.75, 3.05) is 5.32 Å². The minimum atomic E-state index is -0.308. The average molecular weight is 241 g/mol. The molecule has 1 aliphatic rings. The maximum atomic E-state index is 11.7. The van der Waals surface area contributed by atoms with E-state index in [-0.39, 0.29) is 6.03 Å². The predicted octanol–water partition coefficient (Wildman–Crippen LogP) is 3.14. The second-order valence-electron chi connectivity index (χ2n) is 4.27. The number of benzene rings is 1. The van der Waals surface area contributed by atoms with Crippen LogP contribution in [0.1, 0.15) is 31.2 Å². The first-order valence-electron chi connectivity index (χ1n) is 6.04. The van der Waals surface area contributed by atoms with Gasteiger partial charge in [-0.25, -0.2) is 4.79 Å². The lowest BCUT2D eigenvalue weighted by Crippen LogP contribution is -2.24. The first-order chi connectivity index (χ1) is 8.79. The lowest BCUT2D eigenvalue weighted by molar-refractivity contribution is 0.255. The summed E-state index contributed by atoms with van der Waals surface area (Å²) in [6.07, 6.45) is 6.31. The summed E-state index contributed by atoms with van der Waals surface area (Å²) in [5, 5.41) is 14.3. The highest BCUT2D eigenvalue weighted by Gasteiger charge is 2.08. The monoisotopic (exact) mass is 241 g/mol. The van der Waals surface area contributed by atoms with E-state index >= 15 is 0 Å². The fraction of sp³-hybridized carbons (Fsp3) is 0.286. The highest BCUT2D eigenvalue weighted by atomic mass is 16.2. The smallest absolute Gasteiger partial charge is 0.314 e. The Kier molecular flexibility index (Phi) is 3.98. The molecule has 2 N–H and O–H groups in total. The zero-order chi connectivity index (χ0) is 12.8. The predicted molar refractivity (Wildman–Crippen MR) is 69.9 cm³/mol. The van der Waals surface area contributed by atoms with Gasteiger partial charge < -0.3 is 10.6 Å². The van der Waals surface area contributed by atoms with Crippen molar-refractivity contribution in [3.63, 3.8) is 0 Å². The Hall–Kier alpha value is -2.28. The number of nitrogens with zero attached hydrogens (tertiary/aromatic N) is 1. The molecule has 0 radical (unpaired) electrons. The molecule has 1 saturated carbocycles. The van der Waals surface area contributed by atoms with Crippen LogP contribution in [0, 0.1) is 11.3 Å². The molecule has 1 fully saturated rings. The maximum absolute atomic E-state index is 11.7. The standard InChI is InChI=1S/C14H15N3O/c15-9-12-7-3-4-8-13(12)17-14(18)16-10-11-5-1-2-6-11/h3-4,7-8,10H,1-2,5-6H2,(H2,16,17,18). The van der Waals surface area contributed by atoms with Crippen LogP contribution in [0.25, 0.3) is 0 Å². The van der Waals surface area contributed by atoms with Crippen LogP contribution in [-0.4, -0.2) is 6.03 Å². The minimum Gasteiger partial charge on any atom is -0.314 e. The molecule has 4 heteroatoms. The van der Waals surface area contributed by atoms with E-state index in [2.05, 4.69) is 10.6 Å². The number of urea groups is 1. The van der Waals surface area contributed by atoms with Crippen LogP contribution in [0.2, 0.25) is 0 Å². The number of anilines is 1. The summed E-state index contributed by atoms with van der Waals surface area (Å²) in [6, 6.07) is 8.66. The molecule has 0 aromatic heterocycles. The van der Waals surface area contributed by atoms with Gasteiger partial charge in [0.2, 0.25) is 0 Å². The van der Waals surface area contributed by atoms with Gasteiger partial charge in [0.05, 0.1) is 11.3 Å². The fourth-order valence-electron chi connectivity index (χ4n) is 1.99. The molecule has 0 saturated heterocycles. The Morgan fingerprint density at radius 1 is 1.28 bits per heavy atom. The van der Waals surface area contributed by atoms with Gasteiger partial charge in [0.25, 0.3) is 0 Å².